The minimum atomic E-state index is -3.88. The van der Waals surface area contributed by atoms with E-state index in [0.717, 1.165) is 0 Å². The first kappa shape index (κ1) is 14.7. The highest BCUT2D eigenvalue weighted by atomic mass is 32.2. The third-order valence-corrected chi connectivity index (χ3v) is 4.17. The van der Waals surface area contributed by atoms with E-state index < -0.39 is 22.0 Å². The third kappa shape index (κ3) is 3.08. The van der Waals surface area contributed by atoms with Gasteiger partial charge in [0.15, 0.2) is 5.03 Å². The number of carboxylic acids is 1. The number of carboxylic acid groups (broad SMARTS) is 1. The quantitative estimate of drug-likeness (QED) is 0.775. The van der Waals surface area contributed by atoms with E-state index >= 15 is 0 Å². The summed E-state index contributed by atoms with van der Waals surface area (Å²) in [4.78, 5) is 11.0. The van der Waals surface area contributed by atoms with Crippen molar-refractivity contribution < 1.29 is 18.3 Å². The highest BCUT2D eigenvalue weighted by Gasteiger charge is 2.28. The Kier molecular flexibility index (Phi) is 4.47. The summed E-state index contributed by atoms with van der Waals surface area (Å²) in [5, 5.41) is 12.8. The fourth-order valence-corrected chi connectivity index (χ4v) is 3.26. The van der Waals surface area contributed by atoms with Crippen LogP contribution in [0.4, 0.5) is 0 Å². The first-order valence-corrected chi connectivity index (χ1v) is 7.01. The highest BCUT2D eigenvalue weighted by molar-refractivity contribution is 7.89. The summed E-state index contributed by atoms with van der Waals surface area (Å²) >= 11 is 0. The largest absolute Gasteiger partial charge is 0.480 e. The molecule has 0 saturated heterocycles. The maximum absolute atomic E-state index is 12.1. The topological polar surface area (TPSA) is 101 Å². The van der Waals surface area contributed by atoms with Crippen LogP contribution in [-0.4, -0.2) is 35.3 Å². The van der Waals surface area contributed by atoms with Crippen molar-refractivity contribution in [3.63, 3.8) is 0 Å². The monoisotopic (exact) mass is 275 g/mol. The van der Waals surface area contributed by atoms with Gasteiger partial charge in [0.1, 0.15) is 6.04 Å². The lowest BCUT2D eigenvalue weighted by Gasteiger charge is -2.14. The normalized spacial score (nSPS) is 13.5. The van der Waals surface area contributed by atoms with Crippen molar-refractivity contribution in [2.45, 2.75) is 37.8 Å². The molecule has 1 unspecified atom stereocenters. The number of aromatic nitrogens is 2. The zero-order valence-electron chi connectivity index (χ0n) is 10.5. The molecule has 0 amide bonds. The molecular weight excluding hydrogens is 258 g/mol. The van der Waals surface area contributed by atoms with Crippen LogP contribution in [0.3, 0.4) is 0 Å². The summed E-state index contributed by atoms with van der Waals surface area (Å²) in [7, 11) is -2.38. The first-order valence-electron chi connectivity index (χ1n) is 5.53. The van der Waals surface area contributed by atoms with Gasteiger partial charge in [-0.05, 0) is 13.3 Å². The van der Waals surface area contributed by atoms with Crippen LogP contribution < -0.4 is 4.72 Å². The van der Waals surface area contributed by atoms with Crippen LogP contribution in [0.15, 0.2) is 11.2 Å². The van der Waals surface area contributed by atoms with Crippen molar-refractivity contribution in [3.05, 3.63) is 11.8 Å². The van der Waals surface area contributed by atoms with Crippen LogP contribution in [0.5, 0.6) is 0 Å². The summed E-state index contributed by atoms with van der Waals surface area (Å²) in [6.07, 6.45) is 2.24. The van der Waals surface area contributed by atoms with Gasteiger partial charge in [0, 0.05) is 12.6 Å². The summed E-state index contributed by atoms with van der Waals surface area (Å²) in [5.74, 6) is -1.18. The van der Waals surface area contributed by atoms with Crippen LogP contribution in [0, 0.1) is 6.92 Å². The Morgan fingerprint density at radius 3 is 2.61 bits per heavy atom. The summed E-state index contributed by atoms with van der Waals surface area (Å²) in [6.45, 7) is 3.40. The van der Waals surface area contributed by atoms with Gasteiger partial charge >= 0.3 is 5.97 Å². The average Bonchev–Trinajstić information content (AvgIpc) is 2.58. The second-order valence-corrected chi connectivity index (χ2v) is 5.69. The lowest BCUT2D eigenvalue weighted by Crippen LogP contribution is -2.41. The molecular formula is C10H17N3O4S. The highest BCUT2D eigenvalue weighted by Crippen LogP contribution is 2.14. The molecule has 1 rings (SSSR count). The van der Waals surface area contributed by atoms with E-state index in [2.05, 4.69) is 9.82 Å². The maximum Gasteiger partial charge on any atom is 0.321 e. The molecule has 0 spiro atoms. The van der Waals surface area contributed by atoms with Gasteiger partial charge in [0.05, 0.1) is 6.20 Å². The van der Waals surface area contributed by atoms with Crippen molar-refractivity contribution in [1.82, 2.24) is 14.5 Å². The van der Waals surface area contributed by atoms with Crippen molar-refractivity contribution in [3.8, 4) is 0 Å². The molecule has 8 heteroatoms. The van der Waals surface area contributed by atoms with E-state index in [-0.39, 0.29) is 11.4 Å². The fraction of sp³-hybridized carbons (Fsp3) is 0.600. The second-order valence-electron chi connectivity index (χ2n) is 4.06. The zero-order valence-corrected chi connectivity index (χ0v) is 11.4. The van der Waals surface area contributed by atoms with Gasteiger partial charge in [-0.3, -0.25) is 9.48 Å². The number of carbonyl (C=O) groups is 1. The van der Waals surface area contributed by atoms with E-state index in [4.69, 9.17) is 5.11 Å². The van der Waals surface area contributed by atoms with E-state index in [9.17, 15) is 13.2 Å². The summed E-state index contributed by atoms with van der Waals surface area (Å²) in [6, 6.07) is -1.12. The molecule has 0 aromatic carbocycles. The number of rotatable bonds is 6. The van der Waals surface area contributed by atoms with Crippen LogP contribution >= 0.6 is 0 Å². The SMILES string of the molecule is CCCC(NS(=O)(=O)c1c(C)cnn1C)C(=O)O. The summed E-state index contributed by atoms with van der Waals surface area (Å²) in [5.41, 5.74) is 0.477. The predicted molar refractivity (Wildman–Crippen MR) is 64.6 cm³/mol. The summed E-state index contributed by atoms with van der Waals surface area (Å²) < 4.78 is 27.6. The van der Waals surface area contributed by atoms with E-state index in [0.29, 0.717) is 12.0 Å². The van der Waals surface area contributed by atoms with E-state index in [1.54, 1.807) is 13.8 Å². The minimum Gasteiger partial charge on any atom is -0.480 e. The standard InChI is InChI=1S/C10H17N3O4S/c1-4-5-8(10(14)15)12-18(16,17)9-7(2)6-11-13(9)3/h6,8,12H,4-5H2,1-3H3,(H,14,15). The number of aryl methyl sites for hydroxylation is 2. The van der Waals surface area contributed by atoms with Gasteiger partial charge in [-0.1, -0.05) is 13.3 Å². The molecule has 0 bridgehead atoms. The first-order chi connectivity index (χ1) is 8.29. The van der Waals surface area contributed by atoms with Crippen molar-refractivity contribution in [2.24, 2.45) is 7.05 Å². The van der Waals surface area contributed by atoms with E-state index in [1.165, 1.54) is 17.9 Å². The van der Waals surface area contributed by atoms with Crippen LogP contribution in [0.1, 0.15) is 25.3 Å². The van der Waals surface area contributed by atoms with Gasteiger partial charge in [0.2, 0.25) is 0 Å². The number of aliphatic carboxylic acids is 1. The average molecular weight is 275 g/mol. The van der Waals surface area contributed by atoms with Gasteiger partial charge < -0.3 is 5.11 Å². The number of hydrogen-bond acceptors (Lipinski definition) is 4. The van der Waals surface area contributed by atoms with Crippen molar-refractivity contribution >= 4 is 16.0 Å². The van der Waals surface area contributed by atoms with Crippen LogP contribution in [0.2, 0.25) is 0 Å². The fourth-order valence-electron chi connectivity index (χ4n) is 1.69. The molecule has 0 aliphatic heterocycles. The Bertz CT molecular complexity index is 516. The Morgan fingerprint density at radius 2 is 2.22 bits per heavy atom. The number of nitrogens with one attached hydrogen (secondary N) is 1. The van der Waals surface area contributed by atoms with Crippen molar-refractivity contribution in [1.29, 1.82) is 0 Å². The molecule has 0 aliphatic rings. The lowest BCUT2D eigenvalue weighted by molar-refractivity contribution is -0.139. The lowest BCUT2D eigenvalue weighted by atomic mass is 10.2. The molecule has 1 atom stereocenters. The number of hydrogen-bond donors (Lipinski definition) is 2. The molecule has 0 fully saturated rings. The van der Waals surface area contributed by atoms with Crippen LogP contribution in [-0.2, 0) is 21.9 Å². The Hall–Kier alpha value is -1.41. The number of sulfonamides is 1. The van der Waals surface area contributed by atoms with Gasteiger partial charge in [-0.2, -0.15) is 9.82 Å². The van der Waals surface area contributed by atoms with E-state index in [1.807, 2.05) is 0 Å². The van der Waals surface area contributed by atoms with Gasteiger partial charge in [-0.25, -0.2) is 8.42 Å². The molecule has 102 valence electrons. The third-order valence-electron chi connectivity index (χ3n) is 2.48. The molecule has 18 heavy (non-hydrogen) atoms. The zero-order chi connectivity index (χ0) is 13.9. The number of nitrogens with zero attached hydrogens (tertiary/aromatic N) is 2. The maximum atomic E-state index is 12.1. The molecule has 1 aromatic rings. The molecule has 1 heterocycles. The van der Waals surface area contributed by atoms with Crippen LogP contribution in [0.25, 0.3) is 0 Å². The molecule has 0 aliphatic carbocycles. The Balaban J connectivity index is 3.05. The molecule has 0 saturated carbocycles. The molecule has 7 nitrogen and oxygen atoms in total. The smallest absolute Gasteiger partial charge is 0.321 e. The van der Waals surface area contributed by atoms with Gasteiger partial charge in [0.25, 0.3) is 10.0 Å². The minimum absolute atomic E-state index is 0.00940. The van der Waals surface area contributed by atoms with Gasteiger partial charge in [-0.15, -0.1) is 0 Å². The molecule has 2 N–H and O–H groups in total. The second kappa shape index (κ2) is 5.49. The van der Waals surface area contributed by atoms with Crippen molar-refractivity contribution in [2.75, 3.05) is 0 Å². The molecule has 1 aromatic heterocycles. The Labute approximate surface area is 106 Å². The molecule has 0 radical (unpaired) electrons. The Morgan fingerprint density at radius 1 is 1.61 bits per heavy atom. The predicted octanol–water partition coefficient (Wildman–Crippen LogP) is 0.260.